The molecule has 0 spiro atoms. The maximum Gasteiger partial charge on any atom is 0.225 e. The van der Waals surface area contributed by atoms with Gasteiger partial charge in [-0.2, -0.15) is 0 Å². The quantitative estimate of drug-likeness (QED) is 0.601. The number of hydrogen-bond acceptors (Lipinski definition) is 3. The summed E-state index contributed by atoms with van der Waals surface area (Å²) in [5, 5.41) is 1.92. The van der Waals surface area contributed by atoms with E-state index in [-0.39, 0.29) is 17.9 Å². The average molecular weight is 481 g/mol. The Morgan fingerprint density at radius 2 is 1.61 bits per heavy atom. The Bertz CT molecular complexity index is 913. The standard InChI is InChI=1S/C24H28Cl3N3O/c25-19-7-5-17(6-8-19)23-15-29(24(31)18-3-1-16(14-28)2-4-18)11-12-30(23)22-10-9-20(26)13-21(22)27/h5-10,13,16,18,23H,1-4,11-12,14-15,28H2/t16?,18?,23-/m0/s1. The maximum absolute atomic E-state index is 13.3. The zero-order chi connectivity index (χ0) is 22.0. The van der Waals surface area contributed by atoms with Crippen molar-refractivity contribution in [3.8, 4) is 0 Å². The lowest BCUT2D eigenvalue weighted by Crippen LogP contribution is -2.52. The Hall–Kier alpha value is -1.46. The summed E-state index contributed by atoms with van der Waals surface area (Å²) in [4.78, 5) is 17.7. The normalized spacial score (nSPS) is 24.3. The number of benzene rings is 2. The molecular weight excluding hydrogens is 453 g/mol. The van der Waals surface area contributed by atoms with Crippen LogP contribution in [0.2, 0.25) is 15.1 Å². The molecule has 4 rings (SSSR count). The number of piperazine rings is 1. The molecule has 0 radical (unpaired) electrons. The molecule has 2 aromatic carbocycles. The molecule has 1 heterocycles. The van der Waals surface area contributed by atoms with Crippen LogP contribution >= 0.6 is 34.8 Å². The SMILES string of the molecule is NCC1CCC(C(=O)N2CCN(c3ccc(Cl)cc3Cl)[C@H](c3ccc(Cl)cc3)C2)CC1. The van der Waals surface area contributed by atoms with Crippen molar-refractivity contribution in [1.82, 2.24) is 4.90 Å². The van der Waals surface area contributed by atoms with E-state index in [4.69, 9.17) is 40.5 Å². The summed E-state index contributed by atoms with van der Waals surface area (Å²) in [7, 11) is 0. The third-order valence-electron chi connectivity index (χ3n) is 6.70. The fraction of sp³-hybridized carbons (Fsp3) is 0.458. The number of nitrogens with two attached hydrogens (primary N) is 1. The van der Waals surface area contributed by atoms with Crippen molar-refractivity contribution in [2.24, 2.45) is 17.6 Å². The molecule has 0 bridgehead atoms. The zero-order valence-electron chi connectivity index (χ0n) is 17.4. The Morgan fingerprint density at radius 3 is 2.26 bits per heavy atom. The highest BCUT2D eigenvalue weighted by Gasteiger charge is 2.35. The van der Waals surface area contributed by atoms with Crippen molar-refractivity contribution in [2.45, 2.75) is 31.7 Å². The first-order chi connectivity index (χ1) is 15.0. The van der Waals surface area contributed by atoms with Crippen LogP contribution in [0.1, 0.15) is 37.3 Å². The van der Waals surface area contributed by atoms with Gasteiger partial charge in [0.15, 0.2) is 0 Å². The Labute approximate surface area is 199 Å². The van der Waals surface area contributed by atoms with Gasteiger partial charge in [0.25, 0.3) is 0 Å². The van der Waals surface area contributed by atoms with Crippen LogP contribution in [0.3, 0.4) is 0 Å². The first-order valence-corrected chi connectivity index (χ1v) is 12.1. The second-order valence-electron chi connectivity index (χ2n) is 8.59. The van der Waals surface area contributed by atoms with Crippen molar-refractivity contribution in [3.05, 3.63) is 63.1 Å². The molecule has 4 nitrogen and oxygen atoms in total. The van der Waals surface area contributed by atoms with Crippen LogP contribution < -0.4 is 10.6 Å². The van der Waals surface area contributed by atoms with Gasteiger partial charge >= 0.3 is 0 Å². The van der Waals surface area contributed by atoms with Gasteiger partial charge < -0.3 is 15.5 Å². The largest absolute Gasteiger partial charge is 0.360 e. The summed E-state index contributed by atoms with van der Waals surface area (Å²) in [6.07, 6.45) is 3.98. The minimum Gasteiger partial charge on any atom is -0.360 e. The number of hydrogen-bond donors (Lipinski definition) is 1. The predicted octanol–water partition coefficient (Wildman–Crippen LogP) is 5.80. The topological polar surface area (TPSA) is 49.6 Å². The van der Waals surface area contributed by atoms with E-state index in [2.05, 4.69) is 4.90 Å². The molecule has 1 amide bonds. The molecule has 1 saturated heterocycles. The van der Waals surface area contributed by atoms with E-state index in [1.165, 1.54) is 0 Å². The highest BCUT2D eigenvalue weighted by atomic mass is 35.5. The van der Waals surface area contributed by atoms with Gasteiger partial charge in [0.05, 0.1) is 16.8 Å². The first-order valence-electron chi connectivity index (χ1n) is 10.9. The van der Waals surface area contributed by atoms with Crippen molar-refractivity contribution >= 4 is 46.4 Å². The van der Waals surface area contributed by atoms with Gasteiger partial charge in [-0.3, -0.25) is 4.79 Å². The summed E-state index contributed by atoms with van der Waals surface area (Å²) in [5.41, 5.74) is 7.87. The summed E-state index contributed by atoms with van der Waals surface area (Å²) >= 11 is 18.8. The van der Waals surface area contributed by atoms with Gasteiger partial charge in [-0.05, 0) is 74.0 Å². The molecule has 0 aromatic heterocycles. The van der Waals surface area contributed by atoms with Gasteiger partial charge in [-0.15, -0.1) is 0 Å². The summed E-state index contributed by atoms with van der Waals surface area (Å²) in [6.45, 7) is 2.73. The number of rotatable bonds is 4. The number of nitrogens with zero attached hydrogens (tertiary/aromatic N) is 2. The van der Waals surface area contributed by atoms with E-state index in [0.29, 0.717) is 40.6 Å². The molecule has 2 aliphatic rings. The van der Waals surface area contributed by atoms with Crippen LogP contribution in [0.4, 0.5) is 5.69 Å². The summed E-state index contributed by atoms with van der Waals surface area (Å²) in [5.74, 6) is 0.949. The molecule has 7 heteroatoms. The van der Waals surface area contributed by atoms with Gasteiger partial charge in [-0.25, -0.2) is 0 Å². The van der Waals surface area contributed by atoms with E-state index in [1.54, 1.807) is 6.07 Å². The number of carbonyl (C=O) groups is 1. The van der Waals surface area contributed by atoms with E-state index < -0.39 is 0 Å². The molecular formula is C24H28Cl3N3O. The van der Waals surface area contributed by atoms with Gasteiger partial charge in [0.2, 0.25) is 5.91 Å². The van der Waals surface area contributed by atoms with Crippen LogP contribution in [0, 0.1) is 11.8 Å². The lowest BCUT2D eigenvalue weighted by Gasteiger charge is -2.44. The second kappa shape index (κ2) is 9.99. The molecule has 2 aromatic rings. The second-order valence-corrected chi connectivity index (χ2v) is 9.87. The van der Waals surface area contributed by atoms with E-state index >= 15 is 0 Å². The van der Waals surface area contributed by atoms with Crippen LogP contribution in [0.25, 0.3) is 0 Å². The molecule has 1 aliphatic heterocycles. The monoisotopic (exact) mass is 479 g/mol. The first kappa shape index (κ1) is 22.7. The van der Waals surface area contributed by atoms with Crippen LogP contribution in [-0.4, -0.2) is 37.0 Å². The molecule has 2 fully saturated rings. The minimum absolute atomic E-state index is 0.00553. The van der Waals surface area contributed by atoms with Crippen molar-refractivity contribution in [2.75, 3.05) is 31.1 Å². The molecule has 31 heavy (non-hydrogen) atoms. The van der Waals surface area contributed by atoms with E-state index in [1.807, 2.05) is 41.3 Å². The molecule has 1 atom stereocenters. The smallest absolute Gasteiger partial charge is 0.225 e. The Balaban J connectivity index is 1.57. The number of anilines is 1. The third-order valence-corrected chi connectivity index (χ3v) is 7.49. The molecule has 1 saturated carbocycles. The minimum atomic E-state index is -0.00553. The third kappa shape index (κ3) is 5.14. The van der Waals surface area contributed by atoms with E-state index in [9.17, 15) is 4.79 Å². The number of halogens is 3. The van der Waals surface area contributed by atoms with Crippen LogP contribution in [0.5, 0.6) is 0 Å². The van der Waals surface area contributed by atoms with Gasteiger partial charge in [-0.1, -0.05) is 46.9 Å². The van der Waals surface area contributed by atoms with Crippen LogP contribution in [0.15, 0.2) is 42.5 Å². The van der Waals surface area contributed by atoms with E-state index in [0.717, 1.165) is 43.5 Å². The van der Waals surface area contributed by atoms with Crippen molar-refractivity contribution < 1.29 is 4.79 Å². The van der Waals surface area contributed by atoms with Crippen LogP contribution in [-0.2, 0) is 4.79 Å². The fourth-order valence-corrected chi connectivity index (χ4v) is 5.50. The Morgan fingerprint density at radius 1 is 0.935 bits per heavy atom. The van der Waals surface area contributed by atoms with Gasteiger partial charge in [0, 0.05) is 35.6 Å². The zero-order valence-corrected chi connectivity index (χ0v) is 19.7. The summed E-state index contributed by atoms with van der Waals surface area (Å²) < 4.78 is 0. The van der Waals surface area contributed by atoms with Gasteiger partial charge in [0.1, 0.15) is 0 Å². The lowest BCUT2D eigenvalue weighted by atomic mass is 9.81. The molecule has 1 aliphatic carbocycles. The number of carbonyl (C=O) groups excluding carboxylic acids is 1. The fourth-order valence-electron chi connectivity index (χ4n) is 4.86. The highest BCUT2D eigenvalue weighted by molar-refractivity contribution is 6.36. The summed E-state index contributed by atoms with van der Waals surface area (Å²) in [6, 6.07) is 13.4. The Kier molecular flexibility index (Phi) is 7.33. The van der Waals surface area contributed by atoms with Crippen molar-refractivity contribution in [3.63, 3.8) is 0 Å². The van der Waals surface area contributed by atoms with Crippen molar-refractivity contribution in [1.29, 1.82) is 0 Å². The molecule has 0 unspecified atom stereocenters. The predicted molar refractivity (Wildman–Crippen MR) is 129 cm³/mol. The molecule has 2 N–H and O–H groups in total. The molecule has 166 valence electrons. The maximum atomic E-state index is 13.3. The average Bonchev–Trinajstić information content (AvgIpc) is 2.79. The highest BCUT2D eigenvalue weighted by Crippen LogP contribution is 2.38. The number of amides is 1. The lowest BCUT2D eigenvalue weighted by molar-refractivity contribution is -0.137.